The van der Waals surface area contributed by atoms with Crippen LogP contribution in [0.4, 0.5) is 5.82 Å². The number of anilines is 1. The van der Waals surface area contributed by atoms with Crippen molar-refractivity contribution < 1.29 is 0 Å². The number of para-hydroxylation sites is 2. The third kappa shape index (κ3) is 2.86. The highest BCUT2D eigenvalue weighted by Crippen LogP contribution is 2.21. The molecule has 24 heavy (non-hydrogen) atoms. The molecule has 2 aromatic carbocycles. The molecule has 0 unspecified atom stereocenters. The van der Waals surface area contributed by atoms with Gasteiger partial charge >= 0.3 is 0 Å². The lowest BCUT2D eigenvalue weighted by molar-refractivity contribution is 1.05. The molecule has 0 bridgehead atoms. The maximum Gasteiger partial charge on any atom is 0.156 e. The molecule has 0 saturated heterocycles. The molecule has 2 aromatic heterocycles. The number of nitrogens with zero attached hydrogens (tertiary/aromatic N) is 2. The minimum Gasteiger partial charge on any atom is -0.365 e. The molecular formula is C18H16ClN5. The summed E-state index contributed by atoms with van der Waals surface area (Å²) in [6.45, 7) is 2.65. The first-order valence-corrected chi connectivity index (χ1v) is 8.06. The average Bonchev–Trinajstić information content (AvgIpc) is 3.22. The Morgan fingerprint density at radius 3 is 2.83 bits per heavy atom. The van der Waals surface area contributed by atoms with E-state index < -0.39 is 0 Å². The van der Waals surface area contributed by atoms with Crippen molar-refractivity contribution in [3.05, 3.63) is 64.7 Å². The Morgan fingerprint density at radius 2 is 2.00 bits per heavy atom. The number of aromatic amines is 2. The molecule has 0 aliphatic heterocycles. The minimum absolute atomic E-state index is 0.657. The van der Waals surface area contributed by atoms with Gasteiger partial charge in [0.15, 0.2) is 5.82 Å². The van der Waals surface area contributed by atoms with Gasteiger partial charge in [-0.1, -0.05) is 35.9 Å². The number of halogens is 1. The van der Waals surface area contributed by atoms with Crippen LogP contribution in [0.2, 0.25) is 5.02 Å². The van der Waals surface area contributed by atoms with Crippen LogP contribution in [0.5, 0.6) is 0 Å². The van der Waals surface area contributed by atoms with Gasteiger partial charge in [0.1, 0.15) is 11.5 Å². The molecule has 0 aliphatic carbocycles. The van der Waals surface area contributed by atoms with Crippen molar-refractivity contribution in [1.29, 1.82) is 0 Å². The molecule has 0 saturated carbocycles. The zero-order chi connectivity index (χ0) is 16.5. The second-order valence-corrected chi connectivity index (χ2v) is 6.11. The van der Waals surface area contributed by atoms with Crippen molar-refractivity contribution >= 4 is 28.5 Å². The zero-order valence-electron chi connectivity index (χ0n) is 13.1. The molecule has 0 amide bonds. The predicted octanol–water partition coefficient (Wildman–Crippen LogP) is 4.53. The summed E-state index contributed by atoms with van der Waals surface area (Å²) >= 11 is 6.16. The Kier molecular flexibility index (Phi) is 3.70. The number of benzene rings is 2. The van der Waals surface area contributed by atoms with Gasteiger partial charge in [-0.15, -0.1) is 0 Å². The highest BCUT2D eigenvalue weighted by molar-refractivity contribution is 6.31. The summed E-state index contributed by atoms with van der Waals surface area (Å²) in [5, 5.41) is 11.4. The molecule has 4 rings (SSSR count). The van der Waals surface area contributed by atoms with Crippen LogP contribution in [0.1, 0.15) is 11.1 Å². The van der Waals surface area contributed by atoms with Crippen LogP contribution in [-0.2, 0) is 6.54 Å². The van der Waals surface area contributed by atoms with Crippen LogP contribution >= 0.6 is 11.6 Å². The topological polar surface area (TPSA) is 69.4 Å². The van der Waals surface area contributed by atoms with E-state index in [4.69, 9.17) is 11.6 Å². The van der Waals surface area contributed by atoms with Gasteiger partial charge in [0, 0.05) is 17.6 Å². The normalized spacial score (nSPS) is 11.1. The van der Waals surface area contributed by atoms with Crippen LogP contribution in [-0.4, -0.2) is 20.2 Å². The second-order valence-electron chi connectivity index (χ2n) is 5.71. The summed E-state index contributed by atoms with van der Waals surface area (Å²) in [5.41, 5.74) is 4.97. The third-order valence-electron chi connectivity index (χ3n) is 3.93. The number of H-pyrrole nitrogens is 2. The van der Waals surface area contributed by atoms with E-state index in [1.807, 2.05) is 49.4 Å². The molecule has 0 spiro atoms. The summed E-state index contributed by atoms with van der Waals surface area (Å²) in [7, 11) is 0. The van der Waals surface area contributed by atoms with Crippen molar-refractivity contribution in [2.45, 2.75) is 13.5 Å². The molecule has 0 atom stereocenters. The molecule has 5 nitrogen and oxygen atoms in total. The molecule has 4 aromatic rings. The Balaban J connectivity index is 1.51. The van der Waals surface area contributed by atoms with E-state index in [0.717, 1.165) is 44.5 Å². The number of fused-ring (bicyclic) bond motifs is 1. The minimum atomic E-state index is 0.657. The lowest BCUT2D eigenvalue weighted by atomic mass is 10.1. The largest absolute Gasteiger partial charge is 0.365 e. The molecule has 3 N–H and O–H groups in total. The van der Waals surface area contributed by atoms with E-state index in [-0.39, 0.29) is 0 Å². The van der Waals surface area contributed by atoms with Gasteiger partial charge in [-0.25, -0.2) is 4.98 Å². The van der Waals surface area contributed by atoms with Gasteiger partial charge < -0.3 is 10.3 Å². The summed E-state index contributed by atoms with van der Waals surface area (Å²) in [6.07, 6.45) is 0. The van der Waals surface area contributed by atoms with Crippen molar-refractivity contribution in [2.24, 2.45) is 0 Å². The van der Waals surface area contributed by atoms with Gasteiger partial charge in [0.05, 0.1) is 11.0 Å². The van der Waals surface area contributed by atoms with Crippen molar-refractivity contribution in [2.75, 3.05) is 5.32 Å². The van der Waals surface area contributed by atoms with Gasteiger partial charge in [-0.2, -0.15) is 5.10 Å². The fourth-order valence-electron chi connectivity index (χ4n) is 2.55. The first-order chi connectivity index (χ1) is 11.7. The molecule has 6 heteroatoms. The van der Waals surface area contributed by atoms with Crippen LogP contribution < -0.4 is 5.32 Å². The quantitative estimate of drug-likeness (QED) is 0.512. The number of hydrogen-bond acceptors (Lipinski definition) is 3. The lowest BCUT2D eigenvalue weighted by Crippen LogP contribution is -1.99. The molecule has 0 fully saturated rings. The van der Waals surface area contributed by atoms with Gasteiger partial charge in [-0.05, 0) is 36.2 Å². The number of aryl methyl sites for hydroxylation is 1. The summed E-state index contributed by atoms with van der Waals surface area (Å²) in [4.78, 5) is 7.85. The Hall–Kier alpha value is -2.79. The van der Waals surface area contributed by atoms with E-state index >= 15 is 0 Å². The molecular weight excluding hydrogens is 322 g/mol. The van der Waals surface area contributed by atoms with Gasteiger partial charge in [0.2, 0.25) is 0 Å². The third-order valence-corrected chi connectivity index (χ3v) is 4.34. The molecule has 2 heterocycles. The van der Waals surface area contributed by atoms with Crippen molar-refractivity contribution in [3.8, 4) is 11.5 Å². The monoisotopic (exact) mass is 337 g/mol. The number of nitrogens with one attached hydrogen (secondary N) is 3. The smallest absolute Gasteiger partial charge is 0.156 e. The Bertz CT molecular complexity index is 968. The first kappa shape index (κ1) is 14.8. The zero-order valence-corrected chi connectivity index (χ0v) is 13.9. The standard InChI is InChI=1S/C18H16ClN5/c1-11-6-7-12(8-13(11)19)10-20-17-9-16(23-24-17)18-21-14-4-2-3-5-15(14)22-18/h2-9H,10H2,1H3,(H,21,22)(H2,20,23,24). The van der Waals surface area contributed by atoms with Crippen LogP contribution in [0.3, 0.4) is 0 Å². The number of hydrogen-bond donors (Lipinski definition) is 3. The summed E-state index contributed by atoms with van der Waals surface area (Å²) < 4.78 is 0. The van der Waals surface area contributed by atoms with E-state index in [1.54, 1.807) is 0 Å². The van der Waals surface area contributed by atoms with E-state index in [0.29, 0.717) is 6.54 Å². The SMILES string of the molecule is Cc1ccc(CNc2cc(-c3nc4ccccc4[nH]3)[nH]n2)cc1Cl. The van der Waals surface area contributed by atoms with E-state index in [2.05, 4.69) is 31.5 Å². The number of imidazole rings is 1. The highest BCUT2D eigenvalue weighted by atomic mass is 35.5. The van der Waals surface area contributed by atoms with Crippen LogP contribution in [0, 0.1) is 6.92 Å². The maximum atomic E-state index is 6.16. The maximum absolute atomic E-state index is 6.16. The second kappa shape index (κ2) is 6.02. The van der Waals surface area contributed by atoms with Crippen molar-refractivity contribution in [1.82, 2.24) is 20.2 Å². The Labute approximate surface area is 144 Å². The summed E-state index contributed by atoms with van der Waals surface area (Å²) in [6, 6.07) is 15.9. The molecule has 120 valence electrons. The van der Waals surface area contributed by atoms with Crippen LogP contribution in [0.25, 0.3) is 22.6 Å². The number of rotatable bonds is 4. The lowest BCUT2D eigenvalue weighted by Gasteiger charge is -2.05. The van der Waals surface area contributed by atoms with Gasteiger partial charge in [-0.3, -0.25) is 5.10 Å². The van der Waals surface area contributed by atoms with E-state index in [9.17, 15) is 0 Å². The average molecular weight is 338 g/mol. The van der Waals surface area contributed by atoms with Gasteiger partial charge in [0.25, 0.3) is 0 Å². The number of aromatic nitrogens is 4. The fraction of sp³-hybridized carbons (Fsp3) is 0.111. The first-order valence-electron chi connectivity index (χ1n) is 7.68. The predicted molar refractivity (Wildman–Crippen MR) is 97.2 cm³/mol. The fourth-order valence-corrected chi connectivity index (χ4v) is 2.76. The van der Waals surface area contributed by atoms with Crippen molar-refractivity contribution in [3.63, 3.8) is 0 Å². The highest BCUT2D eigenvalue weighted by Gasteiger charge is 2.08. The molecule has 0 aliphatic rings. The summed E-state index contributed by atoms with van der Waals surface area (Å²) in [5.74, 6) is 1.54. The van der Waals surface area contributed by atoms with E-state index in [1.165, 1.54) is 0 Å². The van der Waals surface area contributed by atoms with Crippen LogP contribution in [0.15, 0.2) is 48.5 Å². The molecule has 0 radical (unpaired) electrons. The Morgan fingerprint density at radius 1 is 1.12 bits per heavy atom.